The van der Waals surface area contributed by atoms with Gasteiger partial charge in [0, 0.05) is 12.0 Å². The van der Waals surface area contributed by atoms with E-state index in [4.69, 9.17) is 5.73 Å². The minimum atomic E-state index is -2.81. The van der Waals surface area contributed by atoms with E-state index in [2.05, 4.69) is 0 Å². The standard InChI is InChI=1S/C11H13F2NO/c1-11(12,13)6-8-4-2-3-5-9(8)10(15)7-14/h2-5H,6-7,14H2,1H3. The predicted molar refractivity (Wildman–Crippen MR) is 54.2 cm³/mol. The van der Waals surface area contributed by atoms with E-state index in [0.717, 1.165) is 6.92 Å². The van der Waals surface area contributed by atoms with Crippen LogP contribution in [0.1, 0.15) is 22.8 Å². The van der Waals surface area contributed by atoms with Crippen LogP contribution in [0, 0.1) is 0 Å². The number of benzene rings is 1. The van der Waals surface area contributed by atoms with Crippen molar-refractivity contribution in [2.24, 2.45) is 5.73 Å². The highest BCUT2D eigenvalue weighted by Crippen LogP contribution is 2.21. The van der Waals surface area contributed by atoms with Gasteiger partial charge in [-0.25, -0.2) is 8.78 Å². The van der Waals surface area contributed by atoms with Crippen molar-refractivity contribution in [1.29, 1.82) is 0 Å². The monoisotopic (exact) mass is 213 g/mol. The van der Waals surface area contributed by atoms with E-state index in [9.17, 15) is 13.6 Å². The minimum Gasteiger partial charge on any atom is -0.324 e. The average molecular weight is 213 g/mol. The fourth-order valence-electron chi connectivity index (χ4n) is 1.39. The lowest BCUT2D eigenvalue weighted by Crippen LogP contribution is -2.19. The lowest BCUT2D eigenvalue weighted by molar-refractivity contribution is 0.0225. The zero-order valence-electron chi connectivity index (χ0n) is 8.47. The molecule has 0 aliphatic rings. The van der Waals surface area contributed by atoms with E-state index in [1.54, 1.807) is 12.1 Å². The van der Waals surface area contributed by atoms with Crippen molar-refractivity contribution in [3.05, 3.63) is 35.4 Å². The van der Waals surface area contributed by atoms with E-state index < -0.39 is 12.3 Å². The number of rotatable bonds is 4. The van der Waals surface area contributed by atoms with Gasteiger partial charge in [-0.3, -0.25) is 4.79 Å². The normalized spacial score (nSPS) is 11.5. The van der Waals surface area contributed by atoms with Crippen molar-refractivity contribution >= 4 is 5.78 Å². The van der Waals surface area contributed by atoms with Crippen LogP contribution < -0.4 is 5.73 Å². The molecule has 0 fully saturated rings. The Kier molecular flexibility index (Phi) is 3.52. The summed E-state index contributed by atoms with van der Waals surface area (Å²) in [6, 6.07) is 6.32. The molecule has 0 bridgehead atoms. The number of carbonyl (C=O) groups is 1. The molecule has 0 radical (unpaired) electrons. The molecular weight excluding hydrogens is 200 g/mol. The smallest absolute Gasteiger partial charge is 0.249 e. The number of hydrogen-bond acceptors (Lipinski definition) is 2. The third-order valence-corrected chi connectivity index (χ3v) is 2.00. The molecule has 4 heteroatoms. The summed E-state index contributed by atoms with van der Waals surface area (Å²) in [4.78, 5) is 11.4. The van der Waals surface area contributed by atoms with Crippen LogP contribution in [0.25, 0.3) is 0 Å². The summed E-state index contributed by atoms with van der Waals surface area (Å²) in [6.45, 7) is 0.670. The maximum absolute atomic E-state index is 12.8. The molecule has 0 heterocycles. The van der Waals surface area contributed by atoms with E-state index in [-0.39, 0.29) is 12.3 Å². The largest absolute Gasteiger partial charge is 0.324 e. The van der Waals surface area contributed by atoms with Gasteiger partial charge in [0.2, 0.25) is 5.92 Å². The zero-order valence-corrected chi connectivity index (χ0v) is 8.47. The van der Waals surface area contributed by atoms with Gasteiger partial charge >= 0.3 is 0 Å². The Labute approximate surface area is 87.1 Å². The van der Waals surface area contributed by atoms with E-state index >= 15 is 0 Å². The maximum Gasteiger partial charge on any atom is 0.249 e. The summed E-state index contributed by atoms with van der Waals surface area (Å²) in [6.07, 6.45) is -0.436. The molecule has 82 valence electrons. The molecule has 1 aromatic rings. The fourth-order valence-corrected chi connectivity index (χ4v) is 1.39. The Morgan fingerprint density at radius 3 is 2.53 bits per heavy atom. The second kappa shape index (κ2) is 4.49. The molecule has 0 saturated carbocycles. The summed E-state index contributed by atoms with van der Waals surface area (Å²) < 4.78 is 25.6. The lowest BCUT2D eigenvalue weighted by atomic mass is 9.99. The van der Waals surface area contributed by atoms with Gasteiger partial charge in [-0.15, -0.1) is 0 Å². The molecular formula is C11H13F2NO. The van der Waals surface area contributed by atoms with E-state index in [0.29, 0.717) is 11.1 Å². The van der Waals surface area contributed by atoms with Gasteiger partial charge < -0.3 is 5.73 Å². The number of ketones is 1. The van der Waals surface area contributed by atoms with Crippen LogP contribution in [0.5, 0.6) is 0 Å². The number of alkyl halides is 2. The van der Waals surface area contributed by atoms with E-state index in [1.165, 1.54) is 12.1 Å². The summed E-state index contributed by atoms with van der Waals surface area (Å²) in [7, 11) is 0. The maximum atomic E-state index is 12.8. The van der Waals surface area contributed by atoms with Gasteiger partial charge in [0.25, 0.3) is 0 Å². The number of nitrogens with two attached hydrogens (primary N) is 1. The van der Waals surface area contributed by atoms with Gasteiger partial charge in [0.15, 0.2) is 5.78 Å². The molecule has 15 heavy (non-hydrogen) atoms. The topological polar surface area (TPSA) is 43.1 Å². The quantitative estimate of drug-likeness (QED) is 0.777. The first-order chi connectivity index (χ1) is 6.94. The third-order valence-electron chi connectivity index (χ3n) is 2.00. The summed E-state index contributed by atoms with van der Waals surface area (Å²) in [5.41, 5.74) is 5.84. The predicted octanol–water partition coefficient (Wildman–Crippen LogP) is 2.03. The van der Waals surface area contributed by atoms with Gasteiger partial charge in [-0.2, -0.15) is 0 Å². The van der Waals surface area contributed by atoms with Crippen LogP contribution in [0.3, 0.4) is 0 Å². The Hall–Kier alpha value is -1.29. The molecule has 0 spiro atoms. The van der Waals surface area contributed by atoms with Crippen molar-refractivity contribution in [3.8, 4) is 0 Å². The summed E-state index contributed by atoms with van der Waals surface area (Å²) in [5, 5.41) is 0. The van der Waals surface area contributed by atoms with E-state index in [1.807, 2.05) is 0 Å². The third kappa shape index (κ3) is 3.40. The molecule has 0 unspecified atom stereocenters. The van der Waals surface area contributed by atoms with Crippen LogP contribution in [-0.2, 0) is 6.42 Å². The molecule has 0 aliphatic heterocycles. The molecule has 2 nitrogen and oxygen atoms in total. The lowest BCUT2D eigenvalue weighted by Gasteiger charge is -2.12. The highest BCUT2D eigenvalue weighted by atomic mass is 19.3. The average Bonchev–Trinajstić information content (AvgIpc) is 2.15. The molecule has 0 atom stereocenters. The highest BCUT2D eigenvalue weighted by molar-refractivity contribution is 5.98. The SMILES string of the molecule is CC(F)(F)Cc1ccccc1C(=O)CN. The second-order valence-electron chi connectivity index (χ2n) is 3.53. The Balaban J connectivity index is 3.02. The number of carbonyl (C=O) groups excluding carboxylic acids is 1. The summed E-state index contributed by atoms with van der Waals surface area (Å²) >= 11 is 0. The van der Waals surface area contributed by atoms with Crippen LogP contribution in [0.2, 0.25) is 0 Å². The van der Waals surface area contributed by atoms with Gasteiger partial charge in [-0.1, -0.05) is 24.3 Å². The van der Waals surface area contributed by atoms with Crippen molar-refractivity contribution in [1.82, 2.24) is 0 Å². The number of hydrogen-bond donors (Lipinski definition) is 1. The van der Waals surface area contributed by atoms with Crippen molar-refractivity contribution < 1.29 is 13.6 Å². The number of Topliss-reactive ketones (excluding diaryl/α,β-unsaturated/α-hetero) is 1. The first kappa shape index (κ1) is 11.8. The minimum absolute atomic E-state index is 0.160. The highest BCUT2D eigenvalue weighted by Gasteiger charge is 2.24. The molecule has 0 aromatic heterocycles. The molecule has 0 aliphatic carbocycles. The Bertz CT molecular complexity index is 358. The first-order valence-corrected chi connectivity index (χ1v) is 4.63. The van der Waals surface area contributed by atoms with Crippen LogP contribution in [-0.4, -0.2) is 18.3 Å². The molecule has 1 aromatic carbocycles. The van der Waals surface area contributed by atoms with Crippen molar-refractivity contribution in [2.45, 2.75) is 19.3 Å². The first-order valence-electron chi connectivity index (χ1n) is 4.63. The molecule has 0 saturated heterocycles. The van der Waals surface area contributed by atoms with Gasteiger partial charge in [0.05, 0.1) is 6.54 Å². The molecule has 1 rings (SSSR count). The molecule has 0 amide bonds. The Morgan fingerprint density at radius 1 is 1.40 bits per heavy atom. The van der Waals surface area contributed by atoms with Crippen LogP contribution in [0.4, 0.5) is 8.78 Å². The number of halogens is 2. The zero-order chi connectivity index (χ0) is 11.5. The second-order valence-corrected chi connectivity index (χ2v) is 3.53. The van der Waals surface area contributed by atoms with Crippen LogP contribution >= 0.6 is 0 Å². The summed E-state index contributed by atoms with van der Waals surface area (Å²) in [5.74, 6) is -3.12. The molecule has 2 N–H and O–H groups in total. The Morgan fingerprint density at radius 2 is 2.00 bits per heavy atom. The fraction of sp³-hybridized carbons (Fsp3) is 0.364. The van der Waals surface area contributed by atoms with Crippen LogP contribution in [0.15, 0.2) is 24.3 Å². The van der Waals surface area contributed by atoms with Gasteiger partial charge in [-0.05, 0) is 12.5 Å². The van der Waals surface area contributed by atoms with Gasteiger partial charge in [0.1, 0.15) is 0 Å². The van der Waals surface area contributed by atoms with Crippen molar-refractivity contribution in [3.63, 3.8) is 0 Å². The van der Waals surface area contributed by atoms with Crippen molar-refractivity contribution in [2.75, 3.05) is 6.54 Å².